The molecule has 10 heteroatoms. The highest BCUT2D eigenvalue weighted by molar-refractivity contribution is 6.01. The van der Waals surface area contributed by atoms with Crippen molar-refractivity contribution in [3.63, 3.8) is 0 Å². The standard InChI is InChI=1S/C36H48N4O6/c1-6-7-8-9-12-22-40(34(44)29(20-21-30(37)41)39-35(45)46-36(3,4)5)31(28-17-13-14-24(2)32(28)42)33(43)38-27-19-18-25-15-10-11-16-26(25)23-27/h10-11,13-19,23,29,31,42H,6-9,12,20-22H2,1-5H3,(H2,37,41)(H,38,43)(H,39,45). The van der Waals surface area contributed by atoms with E-state index in [0.29, 0.717) is 17.7 Å². The number of aryl methyl sites for hydroxylation is 1. The second kappa shape index (κ2) is 16.6. The van der Waals surface area contributed by atoms with E-state index in [1.165, 1.54) is 4.90 Å². The summed E-state index contributed by atoms with van der Waals surface area (Å²) in [7, 11) is 0. The van der Waals surface area contributed by atoms with Gasteiger partial charge in [0, 0.05) is 24.2 Å². The number of hydrogen-bond acceptors (Lipinski definition) is 6. The summed E-state index contributed by atoms with van der Waals surface area (Å²) in [5, 5.41) is 18.7. The molecule has 2 atom stereocenters. The number of para-hydroxylation sites is 1. The second-order valence-corrected chi connectivity index (χ2v) is 12.6. The molecule has 3 rings (SSSR count). The number of carbonyl (C=O) groups is 4. The summed E-state index contributed by atoms with van der Waals surface area (Å²) in [5.41, 5.74) is 5.89. The topological polar surface area (TPSA) is 151 Å². The van der Waals surface area contributed by atoms with Crippen LogP contribution in [0.3, 0.4) is 0 Å². The third-order valence-corrected chi connectivity index (χ3v) is 7.59. The number of fused-ring (bicyclic) bond motifs is 1. The first kappa shape index (κ1) is 35.9. The molecule has 0 fully saturated rings. The van der Waals surface area contributed by atoms with Crippen molar-refractivity contribution in [2.24, 2.45) is 5.73 Å². The molecule has 10 nitrogen and oxygen atoms in total. The van der Waals surface area contributed by atoms with Gasteiger partial charge in [0.15, 0.2) is 0 Å². The molecular formula is C36H48N4O6. The number of alkyl carbamates (subject to hydrolysis) is 1. The maximum atomic E-state index is 14.5. The summed E-state index contributed by atoms with van der Waals surface area (Å²) in [6.45, 7) is 9.08. The molecule has 0 saturated carbocycles. The highest BCUT2D eigenvalue weighted by atomic mass is 16.6. The van der Waals surface area contributed by atoms with Gasteiger partial charge in [-0.05, 0) is 69.0 Å². The molecule has 0 bridgehead atoms. The largest absolute Gasteiger partial charge is 0.507 e. The van der Waals surface area contributed by atoms with Crippen LogP contribution in [0.1, 0.15) is 89.8 Å². The number of carbonyl (C=O) groups excluding carboxylic acids is 4. The van der Waals surface area contributed by atoms with Crippen LogP contribution in [0.2, 0.25) is 0 Å². The Morgan fingerprint density at radius 2 is 1.63 bits per heavy atom. The number of nitrogens with zero attached hydrogens (tertiary/aromatic N) is 1. The smallest absolute Gasteiger partial charge is 0.408 e. The highest BCUT2D eigenvalue weighted by Crippen LogP contribution is 2.34. The lowest BCUT2D eigenvalue weighted by atomic mass is 9.98. The van der Waals surface area contributed by atoms with Crippen molar-refractivity contribution in [1.29, 1.82) is 0 Å². The van der Waals surface area contributed by atoms with Crippen molar-refractivity contribution in [3.05, 3.63) is 71.8 Å². The minimum atomic E-state index is -1.26. The number of phenols is 1. The molecule has 46 heavy (non-hydrogen) atoms. The van der Waals surface area contributed by atoms with Gasteiger partial charge < -0.3 is 31.1 Å². The number of phenolic OH excluding ortho intramolecular Hbond substituents is 1. The average Bonchev–Trinajstić information content (AvgIpc) is 2.99. The first-order valence-corrected chi connectivity index (χ1v) is 16.0. The number of primary amides is 1. The van der Waals surface area contributed by atoms with E-state index in [9.17, 15) is 24.3 Å². The number of anilines is 1. The normalized spacial score (nSPS) is 12.6. The first-order chi connectivity index (χ1) is 21.8. The van der Waals surface area contributed by atoms with Crippen LogP contribution in [0.5, 0.6) is 5.75 Å². The van der Waals surface area contributed by atoms with E-state index < -0.39 is 41.5 Å². The summed E-state index contributed by atoms with van der Waals surface area (Å²) in [6, 6.07) is 15.8. The third-order valence-electron chi connectivity index (χ3n) is 7.59. The van der Waals surface area contributed by atoms with Crippen LogP contribution in [0.15, 0.2) is 60.7 Å². The molecule has 0 aliphatic rings. The van der Waals surface area contributed by atoms with Crippen LogP contribution < -0.4 is 16.4 Å². The van der Waals surface area contributed by atoms with Gasteiger partial charge in [-0.1, -0.05) is 81.1 Å². The van der Waals surface area contributed by atoms with Crippen LogP contribution in [0.25, 0.3) is 10.8 Å². The van der Waals surface area contributed by atoms with Gasteiger partial charge in [-0.3, -0.25) is 14.4 Å². The molecule has 0 spiro atoms. The van der Waals surface area contributed by atoms with Crippen LogP contribution in [0.4, 0.5) is 10.5 Å². The van der Waals surface area contributed by atoms with Gasteiger partial charge in [0.2, 0.25) is 11.8 Å². The summed E-state index contributed by atoms with van der Waals surface area (Å²) in [6.07, 6.45) is 3.27. The number of nitrogens with two attached hydrogens (primary N) is 1. The minimum Gasteiger partial charge on any atom is -0.507 e. The van der Waals surface area contributed by atoms with Gasteiger partial charge in [-0.15, -0.1) is 0 Å². The van der Waals surface area contributed by atoms with E-state index in [0.717, 1.165) is 36.5 Å². The third kappa shape index (κ3) is 10.5. The van der Waals surface area contributed by atoms with Gasteiger partial charge in [0.25, 0.3) is 5.91 Å². The first-order valence-electron chi connectivity index (χ1n) is 16.0. The molecule has 3 aromatic rings. The zero-order chi connectivity index (χ0) is 33.9. The van der Waals surface area contributed by atoms with Crippen molar-refractivity contribution in [2.45, 2.75) is 97.2 Å². The molecule has 0 saturated heterocycles. The lowest BCUT2D eigenvalue weighted by molar-refractivity contribution is -0.141. The number of aromatic hydroxyl groups is 1. The van der Waals surface area contributed by atoms with Gasteiger partial charge in [0.1, 0.15) is 23.4 Å². The Kier molecular flexibility index (Phi) is 13.0. The van der Waals surface area contributed by atoms with E-state index in [2.05, 4.69) is 17.6 Å². The number of hydrogen-bond donors (Lipinski definition) is 4. The fraction of sp³-hybridized carbons (Fsp3) is 0.444. The SMILES string of the molecule is CCCCCCCN(C(=O)C(CCC(N)=O)NC(=O)OC(C)(C)C)C(C(=O)Nc1ccc2ccccc2c1)c1cccc(C)c1O. The number of unbranched alkanes of at least 4 members (excludes halogenated alkanes) is 4. The minimum absolute atomic E-state index is 0.0987. The van der Waals surface area contributed by atoms with Crippen molar-refractivity contribution >= 4 is 40.3 Å². The maximum absolute atomic E-state index is 14.5. The number of ether oxygens (including phenoxy) is 1. The molecule has 248 valence electrons. The van der Waals surface area contributed by atoms with Crippen molar-refractivity contribution in [3.8, 4) is 5.75 Å². The Balaban J connectivity index is 2.08. The van der Waals surface area contributed by atoms with Crippen LogP contribution in [-0.4, -0.2) is 52.0 Å². The maximum Gasteiger partial charge on any atom is 0.408 e. The quantitative estimate of drug-likeness (QED) is 0.141. The zero-order valence-electron chi connectivity index (χ0n) is 27.6. The lowest BCUT2D eigenvalue weighted by Gasteiger charge is -2.35. The number of rotatable bonds is 15. The zero-order valence-corrected chi connectivity index (χ0v) is 27.6. The number of nitrogens with one attached hydrogen (secondary N) is 2. The Bertz CT molecular complexity index is 1520. The van der Waals surface area contributed by atoms with Crippen LogP contribution >= 0.6 is 0 Å². The van der Waals surface area contributed by atoms with Crippen LogP contribution in [0, 0.1) is 6.92 Å². The molecule has 0 radical (unpaired) electrons. The monoisotopic (exact) mass is 632 g/mol. The molecule has 0 aliphatic heterocycles. The molecule has 4 amide bonds. The fourth-order valence-electron chi connectivity index (χ4n) is 5.28. The van der Waals surface area contributed by atoms with Crippen molar-refractivity contribution in [2.75, 3.05) is 11.9 Å². The van der Waals surface area contributed by atoms with Gasteiger partial charge in [-0.25, -0.2) is 4.79 Å². The lowest BCUT2D eigenvalue weighted by Crippen LogP contribution is -2.52. The summed E-state index contributed by atoms with van der Waals surface area (Å²) in [4.78, 5) is 54.8. The van der Waals surface area contributed by atoms with E-state index in [-0.39, 0.29) is 30.7 Å². The van der Waals surface area contributed by atoms with Crippen molar-refractivity contribution in [1.82, 2.24) is 10.2 Å². The van der Waals surface area contributed by atoms with E-state index >= 15 is 0 Å². The molecule has 2 unspecified atom stereocenters. The summed E-state index contributed by atoms with van der Waals surface area (Å²) >= 11 is 0. The summed E-state index contributed by atoms with van der Waals surface area (Å²) in [5.74, 6) is -1.89. The predicted molar refractivity (Wildman–Crippen MR) is 180 cm³/mol. The Morgan fingerprint density at radius 1 is 0.935 bits per heavy atom. The molecule has 0 aliphatic carbocycles. The molecule has 3 aromatic carbocycles. The Morgan fingerprint density at radius 3 is 2.30 bits per heavy atom. The van der Waals surface area contributed by atoms with Gasteiger partial charge in [0.05, 0.1) is 0 Å². The Labute approximate surface area is 271 Å². The van der Waals surface area contributed by atoms with E-state index in [1.54, 1.807) is 52.0 Å². The van der Waals surface area contributed by atoms with Crippen molar-refractivity contribution < 1.29 is 29.0 Å². The Hall–Kier alpha value is -4.60. The fourth-order valence-corrected chi connectivity index (χ4v) is 5.28. The molecular weight excluding hydrogens is 584 g/mol. The number of benzene rings is 3. The molecule has 5 N–H and O–H groups in total. The highest BCUT2D eigenvalue weighted by Gasteiger charge is 2.37. The number of amides is 4. The van der Waals surface area contributed by atoms with E-state index in [1.807, 2.05) is 36.4 Å². The van der Waals surface area contributed by atoms with Crippen LogP contribution in [-0.2, 0) is 19.1 Å². The average molecular weight is 633 g/mol. The molecule has 0 heterocycles. The summed E-state index contributed by atoms with van der Waals surface area (Å²) < 4.78 is 5.42. The predicted octanol–water partition coefficient (Wildman–Crippen LogP) is 6.49. The second-order valence-electron chi connectivity index (χ2n) is 12.6. The van der Waals surface area contributed by atoms with E-state index in [4.69, 9.17) is 10.5 Å². The van der Waals surface area contributed by atoms with Gasteiger partial charge >= 0.3 is 6.09 Å². The van der Waals surface area contributed by atoms with Gasteiger partial charge in [-0.2, -0.15) is 0 Å². The molecule has 0 aromatic heterocycles.